The van der Waals surface area contributed by atoms with Crippen molar-refractivity contribution in [2.75, 3.05) is 34.4 Å². The van der Waals surface area contributed by atoms with Crippen molar-refractivity contribution >= 4 is 11.8 Å². The van der Waals surface area contributed by atoms with Gasteiger partial charge in [-0.2, -0.15) is 0 Å². The van der Waals surface area contributed by atoms with Crippen LogP contribution in [0.25, 0.3) is 0 Å². The molecular weight excluding hydrogens is 360 g/mol. The van der Waals surface area contributed by atoms with Gasteiger partial charge in [0.1, 0.15) is 5.75 Å². The molecular formula is C21H30N2O5. The maximum absolute atomic E-state index is 12.8. The molecule has 1 saturated heterocycles. The largest absolute Gasteiger partial charge is 0.497 e. The van der Waals surface area contributed by atoms with Crippen molar-refractivity contribution in [2.24, 2.45) is 0 Å². The lowest BCUT2D eigenvalue weighted by atomic mass is 9.79. The Kier molecular flexibility index (Phi) is 6.57. The highest BCUT2D eigenvalue weighted by atomic mass is 16.5. The molecule has 0 radical (unpaired) electrons. The average Bonchev–Trinajstić information content (AvgIpc) is 3.12. The molecule has 3 atom stereocenters. The minimum absolute atomic E-state index is 0.0396. The molecule has 7 heteroatoms. The van der Waals surface area contributed by atoms with Gasteiger partial charge in [-0.15, -0.1) is 0 Å². The summed E-state index contributed by atoms with van der Waals surface area (Å²) in [5, 5.41) is 2.82. The first kappa shape index (κ1) is 20.6. The fourth-order valence-electron chi connectivity index (χ4n) is 4.47. The number of ether oxygens (including phenoxy) is 3. The van der Waals surface area contributed by atoms with E-state index in [9.17, 15) is 9.59 Å². The fraction of sp³-hybridized carbons (Fsp3) is 0.619. The highest BCUT2D eigenvalue weighted by Crippen LogP contribution is 2.43. The zero-order chi connectivity index (χ0) is 20.1. The maximum Gasteiger partial charge on any atom is 0.251 e. The fourth-order valence-corrected chi connectivity index (χ4v) is 4.47. The molecule has 2 amide bonds. The van der Waals surface area contributed by atoms with Gasteiger partial charge in [0.25, 0.3) is 5.91 Å². The normalized spacial score (nSPS) is 26.6. The van der Waals surface area contributed by atoms with Gasteiger partial charge < -0.3 is 24.4 Å². The number of methoxy groups -OCH3 is 3. The summed E-state index contributed by atoms with van der Waals surface area (Å²) < 4.78 is 16.5. The van der Waals surface area contributed by atoms with Crippen LogP contribution in [0.15, 0.2) is 24.3 Å². The van der Waals surface area contributed by atoms with Crippen molar-refractivity contribution in [2.45, 2.75) is 49.9 Å². The number of benzene rings is 1. The number of hydrogen-bond acceptors (Lipinski definition) is 5. The highest BCUT2D eigenvalue weighted by Gasteiger charge is 2.52. The second-order valence-electron chi connectivity index (χ2n) is 7.49. The van der Waals surface area contributed by atoms with Gasteiger partial charge in [-0.25, -0.2) is 0 Å². The molecule has 1 aliphatic carbocycles. The van der Waals surface area contributed by atoms with E-state index in [0.29, 0.717) is 24.4 Å². The number of carbonyl (C=O) groups excluding carboxylic acids is 2. The quantitative estimate of drug-likeness (QED) is 0.771. The van der Waals surface area contributed by atoms with Gasteiger partial charge in [0.15, 0.2) is 0 Å². The predicted octanol–water partition coefficient (Wildman–Crippen LogP) is 2.00. The monoisotopic (exact) mass is 390 g/mol. The summed E-state index contributed by atoms with van der Waals surface area (Å²) in [6.45, 7) is 0.989. The van der Waals surface area contributed by atoms with E-state index in [1.807, 2.05) is 4.90 Å². The van der Waals surface area contributed by atoms with Gasteiger partial charge in [0.2, 0.25) is 5.91 Å². The molecule has 154 valence electrons. The second-order valence-corrected chi connectivity index (χ2v) is 7.49. The number of rotatable bonds is 7. The molecule has 3 rings (SSSR count). The van der Waals surface area contributed by atoms with Crippen molar-refractivity contribution in [1.29, 1.82) is 0 Å². The van der Waals surface area contributed by atoms with E-state index < -0.39 is 0 Å². The van der Waals surface area contributed by atoms with Crippen molar-refractivity contribution in [3.8, 4) is 5.75 Å². The van der Waals surface area contributed by atoms with E-state index in [1.54, 1.807) is 45.6 Å². The number of carbonyl (C=O) groups is 2. The van der Waals surface area contributed by atoms with E-state index in [-0.39, 0.29) is 36.0 Å². The Labute approximate surface area is 166 Å². The lowest BCUT2D eigenvalue weighted by Gasteiger charge is -2.43. The number of nitrogens with zero attached hydrogens (tertiary/aromatic N) is 1. The number of hydrogen-bond donors (Lipinski definition) is 1. The zero-order valence-electron chi connectivity index (χ0n) is 16.9. The van der Waals surface area contributed by atoms with Crippen LogP contribution in [0.4, 0.5) is 0 Å². The van der Waals surface area contributed by atoms with E-state index in [1.165, 1.54) is 0 Å². The van der Waals surface area contributed by atoms with Gasteiger partial charge in [0.05, 0.1) is 24.9 Å². The molecule has 1 aliphatic heterocycles. The maximum atomic E-state index is 12.8. The van der Waals surface area contributed by atoms with Crippen LogP contribution in [-0.2, 0) is 14.3 Å². The van der Waals surface area contributed by atoms with E-state index in [2.05, 4.69) is 5.32 Å². The molecule has 2 fully saturated rings. The molecule has 0 bridgehead atoms. The number of amides is 2. The van der Waals surface area contributed by atoms with Crippen LogP contribution in [-0.4, -0.2) is 68.9 Å². The molecule has 1 aromatic rings. The third-order valence-corrected chi connectivity index (χ3v) is 6.15. The first-order chi connectivity index (χ1) is 13.5. The van der Waals surface area contributed by atoms with E-state index in [0.717, 1.165) is 25.7 Å². The molecule has 2 aliphatic rings. The first-order valence-electron chi connectivity index (χ1n) is 9.82. The molecule has 1 saturated carbocycles. The van der Waals surface area contributed by atoms with Crippen molar-refractivity contribution < 1.29 is 23.8 Å². The lowest BCUT2D eigenvalue weighted by Crippen LogP contribution is -2.53. The summed E-state index contributed by atoms with van der Waals surface area (Å²) in [5.74, 6) is 0.463. The molecule has 1 aromatic carbocycles. The molecule has 1 N–H and O–H groups in total. The van der Waals surface area contributed by atoms with Crippen LogP contribution in [0.1, 0.15) is 42.5 Å². The minimum atomic E-state index is -0.255. The Morgan fingerprint density at radius 3 is 2.79 bits per heavy atom. The Bertz CT molecular complexity index is 710. The van der Waals surface area contributed by atoms with Crippen LogP contribution in [0, 0.1) is 0 Å². The molecule has 0 unspecified atom stereocenters. The summed E-state index contributed by atoms with van der Waals surface area (Å²) in [4.78, 5) is 27.0. The Morgan fingerprint density at radius 1 is 1.25 bits per heavy atom. The lowest BCUT2D eigenvalue weighted by molar-refractivity contribution is -0.140. The second kappa shape index (κ2) is 8.92. The van der Waals surface area contributed by atoms with Crippen molar-refractivity contribution in [3.05, 3.63) is 29.8 Å². The summed E-state index contributed by atoms with van der Waals surface area (Å²) in [6, 6.07) is 6.99. The van der Waals surface area contributed by atoms with Gasteiger partial charge in [0, 0.05) is 39.3 Å². The number of likely N-dealkylation sites (tertiary alicyclic amines) is 1. The van der Waals surface area contributed by atoms with Crippen LogP contribution in [0.2, 0.25) is 0 Å². The highest BCUT2D eigenvalue weighted by molar-refractivity contribution is 5.94. The Balaban J connectivity index is 1.55. The van der Waals surface area contributed by atoms with Crippen LogP contribution in [0.3, 0.4) is 0 Å². The minimum Gasteiger partial charge on any atom is -0.497 e. The molecule has 1 heterocycles. The smallest absolute Gasteiger partial charge is 0.251 e. The first-order valence-corrected chi connectivity index (χ1v) is 9.82. The van der Waals surface area contributed by atoms with Crippen molar-refractivity contribution in [3.63, 3.8) is 0 Å². The van der Waals surface area contributed by atoms with E-state index >= 15 is 0 Å². The summed E-state index contributed by atoms with van der Waals surface area (Å²) in [6.07, 6.45) is 3.94. The Hall–Kier alpha value is -2.12. The van der Waals surface area contributed by atoms with Crippen LogP contribution < -0.4 is 10.1 Å². The third kappa shape index (κ3) is 4.15. The van der Waals surface area contributed by atoms with Crippen LogP contribution in [0.5, 0.6) is 5.75 Å². The van der Waals surface area contributed by atoms with E-state index in [4.69, 9.17) is 14.2 Å². The van der Waals surface area contributed by atoms with Gasteiger partial charge in [-0.1, -0.05) is 6.07 Å². The van der Waals surface area contributed by atoms with Gasteiger partial charge in [-0.3, -0.25) is 9.59 Å². The summed E-state index contributed by atoms with van der Waals surface area (Å²) >= 11 is 0. The Morgan fingerprint density at radius 2 is 2.07 bits per heavy atom. The van der Waals surface area contributed by atoms with Gasteiger partial charge in [-0.05, 0) is 43.9 Å². The molecule has 0 aromatic heterocycles. The molecule has 7 nitrogen and oxygen atoms in total. The van der Waals surface area contributed by atoms with Crippen LogP contribution >= 0.6 is 0 Å². The third-order valence-electron chi connectivity index (χ3n) is 6.15. The average molecular weight is 390 g/mol. The topological polar surface area (TPSA) is 77.1 Å². The molecule has 0 spiro atoms. The SMILES string of the molecule is COc1cccc(C(=O)NCCC(=O)N2CC[C@]3(OC)CC[C@H](OC)C[C@H]23)c1. The number of nitrogens with one attached hydrogen (secondary N) is 1. The zero-order valence-corrected chi connectivity index (χ0v) is 16.9. The standard InChI is InChI=1S/C21H30N2O5/c1-26-16-6-4-5-15(13-16)20(25)22-11-8-19(24)23-12-10-21(28-3)9-7-17(27-2)14-18(21)23/h4-6,13,17-18H,7-12,14H2,1-3H3,(H,22,25)/t17-,18-,21+/m0/s1. The predicted molar refractivity (Wildman–Crippen MR) is 104 cm³/mol. The van der Waals surface area contributed by atoms with Gasteiger partial charge >= 0.3 is 0 Å². The number of fused-ring (bicyclic) bond motifs is 1. The molecule has 28 heavy (non-hydrogen) atoms. The summed E-state index contributed by atoms with van der Waals surface area (Å²) in [7, 11) is 5.02. The summed E-state index contributed by atoms with van der Waals surface area (Å²) in [5.41, 5.74) is 0.260. The van der Waals surface area contributed by atoms with Crippen molar-refractivity contribution in [1.82, 2.24) is 10.2 Å².